The molecule has 0 heterocycles. The summed E-state index contributed by atoms with van der Waals surface area (Å²) in [4.78, 5) is 0. The summed E-state index contributed by atoms with van der Waals surface area (Å²) in [7, 11) is 0. The molecule has 1 atom stereocenters. The van der Waals surface area contributed by atoms with E-state index in [0.29, 0.717) is 17.5 Å². The van der Waals surface area contributed by atoms with Crippen LogP contribution in [0.2, 0.25) is 5.02 Å². The fourth-order valence-corrected chi connectivity index (χ4v) is 2.43. The van der Waals surface area contributed by atoms with Crippen LogP contribution in [0.4, 0.5) is 4.39 Å². The van der Waals surface area contributed by atoms with Gasteiger partial charge < -0.3 is 5.11 Å². The second-order valence-corrected chi connectivity index (χ2v) is 5.79. The fourth-order valence-electron chi connectivity index (χ4n) is 1.89. The van der Waals surface area contributed by atoms with Crippen LogP contribution in [0.1, 0.15) is 22.8 Å². The van der Waals surface area contributed by atoms with Crippen molar-refractivity contribution in [2.24, 2.45) is 0 Å². The summed E-state index contributed by atoms with van der Waals surface area (Å²) in [6.45, 7) is 1.65. The van der Waals surface area contributed by atoms with Gasteiger partial charge >= 0.3 is 0 Å². The molecule has 0 aromatic heterocycles. The third-order valence-corrected chi connectivity index (χ3v) is 3.84. The molecule has 2 rings (SSSR count). The maximum absolute atomic E-state index is 13.3. The third-order valence-electron chi connectivity index (χ3n) is 2.98. The zero-order chi connectivity index (χ0) is 14.0. The number of aryl methyl sites for hydroxylation is 1. The maximum Gasteiger partial charge on any atom is 0.127 e. The Morgan fingerprint density at radius 1 is 1.26 bits per heavy atom. The standard InChI is InChI=1S/C15H13BrClFO/c1-9-6-12(13(17)8-14(9)18)15(19)7-10-2-4-11(16)5-3-10/h2-6,8,15,19H,7H2,1H3. The van der Waals surface area contributed by atoms with Crippen LogP contribution in [-0.2, 0) is 6.42 Å². The Morgan fingerprint density at radius 2 is 1.89 bits per heavy atom. The second-order valence-electron chi connectivity index (χ2n) is 4.47. The summed E-state index contributed by atoms with van der Waals surface area (Å²) < 4.78 is 14.3. The monoisotopic (exact) mass is 342 g/mol. The largest absolute Gasteiger partial charge is 0.388 e. The second kappa shape index (κ2) is 6.04. The Hall–Kier alpha value is -0.900. The Bertz CT molecular complexity index is 583. The van der Waals surface area contributed by atoms with Crippen molar-refractivity contribution in [2.45, 2.75) is 19.4 Å². The molecule has 0 aliphatic heterocycles. The molecule has 2 aromatic carbocycles. The molecule has 0 saturated carbocycles. The maximum atomic E-state index is 13.3. The minimum Gasteiger partial charge on any atom is -0.388 e. The lowest BCUT2D eigenvalue weighted by atomic mass is 10.00. The number of rotatable bonds is 3. The van der Waals surface area contributed by atoms with Crippen LogP contribution in [-0.4, -0.2) is 5.11 Å². The molecule has 0 amide bonds. The van der Waals surface area contributed by atoms with Gasteiger partial charge in [-0.2, -0.15) is 0 Å². The van der Waals surface area contributed by atoms with Gasteiger partial charge in [0.05, 0.1) is 6.10 Å². The molecule has 0 aliphatic carbocycles. The minimum absolute atomic E-state index is 0.257. The molecule has 0 radical (unpaired) electrons. The van der Waals surface area contributed by atoms with E-state index < -0.39 is 6.10 Å². The van der Waals surface area contributed by atoms with Gasteiger partial charge in [0.25, 0.3) is 0 Å². The van der Waals surface area contributed by atoms with Gasteiger partial charge in [-0.05, 0) is 47.9 Å². The highest BCUT2D eigenvalue weighted by Crippen LogP contribution is 2.28. The van der Waals surface area contributed by atoms with Gasteiger partial charge in [-0.1, -0.05) is 39.7 Å². The third kappa shape index (κ3) is 3.56. The zero-order valence-electron chi connectivity index (χ0n) is 10.3. The van der Waals surface area contributed by atoms with E-state index in [2.05, 4.69) is 15.9 Å². The summed E-state index contributed by atoms with van der Waals surface area (Å²) >= 11 is 9.34. The first-order valence-electron chi connectivity index (χ1n) is 5.85. The normalized spacial score (nSPS) is 12.5. The van der Waals surface area contributed by atoms with Gasteiger partial charge in [0, 0.05) is 15.9 Å². The Kier molecular flexibility index (Phi) is 4.61. The Labute approximate surface area is 125 Å². The molecule has 0 fully saturated rings. The van der Waals surface area contributed by atoms with Crippen molar-refractivity contribution in [3.05, 3.63) is 68.4 Å². The van der Waals surface area contributed by atoms with Gasteiger partial charge in [-0.3, -0.25) is 0 Å². The minimum atomic E-state index is -0.743. The molecular formula is C15H13BrClFO. The lowest BCUT2D eigenvalue weighted by molar-refractivity contribution is 0.178. The van der Waals surface area contributed by atoms with Gasteiger partial charge in [0.2, 0.25) is 0 Å². The molecule has 1 nitrogen and oxygen atoms in total. The summed E-state index contributed by atoms with van der Waals surface area (Å²) in [6, 6.07) is 10.5. The molecular weight excluding hydrogens is 331 g/mol. The van der Waals surface area contributed by atoms with E-state index in [1.165, 1.54) is 6.07 Å². The number of hydrogen-bond acceptors (Lipinski definition) is 1. The van der Waals surface area contributed by atoms with Crippen LogP contribution in [0.5, 0.6) is 0 Å². The zero-order valence-corrected chi connectivity index (χ0v) is 12.7. The van der Waals surface area contributed by atoms with Crippen molar-refractivity contribution in [2.75, 3.05) is 0 Å². The van der Waals surface area contributed by atoms with Crippen LogP contribution in [0.15, 0.2) is 40.9 Å². The van der Waals surface area contributed by atoms with E-state index in [9.17, 15) is 9.50 Å². The lowest BCUT2D eigenvalue weighted by Gasteiger charge is -2.14. The van der Waals surface area contributed by atoms with Crippen molar-refractivity contribution in [3.63, 3.8) is 0 Å². The SMILES string of the molecule is Cc1cc(C(O)Cc2ccc(Br)cc2)c(Cl)cc1F. The van der Waals surface area contributed by atoms with E-state index in [1.807, 2.05) is 24.3 Å². The van der Waals surface area contributed by atoms with E-state index in [1.54, 1.807) is 13.0 Å². The molecule has 0 bridgehead atoms. The summed E-state index contributed by atoms with van der Waals surface area (Å²) in [5.41, 5.74) is 2.03. The number of aliphatic hydroxyl groups is 1. The van der Waals surface area contributed by atoms with E-state index in [4.69, 9.17) is 11.6 Å². The predicted octanol–water partition coefficient (Wildman–Crippen LogP) is 4.83. The highest BCUT2D eigenvalue weighted by Gasteiger charge is 2.14. The van der Waals surface area contributed by atoms with Crippen molar-refractivity contribution in [1.82, 2.24) is 0 Å². The van der Waals surface area contributed by atoms with Crippen LogP contribution in [0, 0.1) is 12.7 Å². The molecule has 0 saturated heterocycles. The van der Waals surface area contributed by atoms with E-state index in [0.717, 1.165) is 10.0 Å². The first-order chi connectivity index (χ1) is 8.97. The predicted molar refractivity (Wildman–Crippen MR) is 79.0 cm³/mol. The topological polar surface area (TPSA) is 20.2 Å². The first-order valence-corrected chi connectivity index (χ1v) is 7.02. The summed E-state index contributed by atoms with van der Waals surface area (Å²) in [5, 5.41) is 10.5. The van der Waals surface area contributed by atoms with Crippen LogP contribution >= 0.6 is 27.5 Å². The molecule has 100 valence electrons. The van der Waals surface area contributed by atoms with Crippen molar-refractivity contribution in [1.29, 1.82) is 0 Å². The van der Waals surface area contributed by atoms with Gasteiger partial charge in [-0.15, -0.1) is 0 Å². The number of hydrogen-bond donors (Lipinski definition) is 1. The molecule has 2 aromatic rings. The fraction of sp³-hybridized carbons (Fsp3) is 0.200. The van der Waals surface area contributed by atoms with Crippen molar-refractivity contribution >= 4 is 27.5 Å². The van der Waals surface area contributed by atoms with Gasteiger partial charge in [-0.25, -0.2) is 4.39 Å². The van der Waals surface area contributed by atoms with Crippen LogP contribution in [0.25, 0.3) is 0 Å². The molecule has 4 heteroatoms. The van der Waals surface area contributed by atoms with Crippen LogP contribution < -0.4 is 0 Å². The summed E-state index contributed by atoms with van der Waals surface area (Å²) in [6.07, 6.45) is -0.300. The van der Waals surface area contributed by atoms with Crippen molar-refractivity contribution < 1.29 is 9.50 Å². The van der Waals surface area contributed by atoms with Crippen molar-refractivity contribution in [3.8, 4) is 0 Å². The molecule has 1 N–H and O–H groups in total. The van der Waals surface area contributed by atoms with Gasteiger partial charge in [0.15, 0.2) is 0 Å². The average molecular weight is 344 g/mol. The highest BCUT2D eigenvalue weighted by molar-refractivity contribution is 9.10. The lowest BCUT2D eigenvalue weighted by Crippen LogP contribution is -2.04. The van der Waals surface area contributed by atoms with E-state index in [-0.39, 0.29) is 10.8 Å². The highest BCUT2D eigenvalue weighted by atomic mass is 79.9. The quantitative estimate of drug-likeness (QED) is 0.846. The van der Waals surface area contributed by atoms with Gasteiger partial charge in [0.1, 0.15) is 5.82 Å². The Morgan fingerprint density at radius 3 is 2.53 bits per heavy atom. The molecule has 0 aliphatic rings. The average Bonchev–Trinajstić information content (AvgIpc) is 2.36. The number of benzene rings is 2. The number of aliphatic hydroxyl groups excluding tert-OH is 1. The number of halogens is 3. The first kappa shape index (κ1) is 14.5. The molecule has 1 unspecified atom stereocenters. The Balaban J connectivity index is 2.22. The molecule has 19 heavy (non-hydrogen) atoms. The summed E-state index contributed by atoms with van der Waals surface area (Å²) in [5.74, 6) is -0.357. The van der Waals surface area contributed by atoms with E-state index >= 15 is 0 Å². The van der Waals surface area contributed by atoms with Crippen LogP contribution in [0.3, 0.4) is 0 Å². The molecule has 0 spiro atoms. The smallest absolute Gasteiger partial charge is 0.127 e.